The van der Waals surface area contributed by atoms with Gasteiger partial charge in [0.25, 0.3) is 11.4 Å². The van der Waals surface area contributed by atoms with Gasteiger partial charge in [0.2, 0.25) is 0 Å². The zero-order chi connectivity index (χ0) is 21.1. The fourth-order valence-corrected chi connectivity index (χ4v) is 3.85. The number of rotatable bonds is 9. The van der Waals surface area contributed by atoms with Crippen molar-refractivity contribution in [2.45, 2.75) is 59.0 Å². The summed E-state index contributed by atoms with van der Waals surface area (Å²) in [7, 11) is 0. The number of hydrogen-bond donors (Lipinski definition) is 1. The third kappa shape index (κ3) is 3.97. The van der Waals surface area contributed by atoms with E-state index in [9.17, 15) is 9.59 Å². The summed E-state index contributed by atoms with van der Waals surface area (Å²) >= 11 is 1.46. The molecular weight excluding hydrogens is 406 g/mol. The average molecular weight is 430 g/mol. The number of fused-ring (bicyclic) bond motifs is 1. The second kappa shape index (κ2) is 8.74. The molecule has 4 aromatic rings. The Morgan fingerprint density at radius 1 is 1.13 bits per heavy atom. The summed E-state index contributed by atoms with van der Waals surface area (Å²) in [5, 5.41) is 5.82. The first-order valence-corrected chi connectivity index (χ1v) is 10.9. The number of imidazole rings is 1. The van der Waals surface area contributed by atoms with Gasteiger partial charge in [-0.05, 0) is 26.2 Å². The van der Waals surface area contributed by atoms with Crippen molar-refractivity contribution in [2.75, 3.05) is 0 Å². The third-order valence-corrected chi connectivity index (χ3v) is 5.45. The molecule has 0 aliphatic heterocycles. The van der Waals surface area contributed by atoms with Gasteiger partial charge in [-0.2, -0.15) is 4.98 Å². The molecule has 0 saturated carbocycles. The van der Waals surface area contributed by atoms with Crippen molar-refractivity contribution in [3.63, 3.8) is 0 Å². The highest BCUT2D eigenvalue weighted by molar-refractivity contribution is 7.07. The minimum absolute atomic E-state index is 0.308. The lowest BCUT2D eigenvalue weighted by atomic mass is 10.2. The second-order valence-electron chi connectivity index (χ2n) is 7.11. The van der Waals surface area contributed by atoms with Gasteiger partial charge in [-0.1, -0.05) is 18.5 Å². The number of aromatic amines is 1. The Morgan fingerprint density at radius 3 is 2.73 bits per heavy atom. The first kappa shape index (κ1) is 20.2. The van der Waals surface area contributed by atoms with E-state index >= 15 is 0 Å². The zero-order valence-electron chi connectivity index (χ0n) is 16.9. The summed E-state index contributed by atoms with van der Waals surface area (Å²) in [6, 6.07) is 0. The molecule has 4 aromatic heterocycles. The molecule has 0 aliphatic carbocycles. The fraction of sp³-hybridized carbons (Fsp3) is 0.474. The highest BCUT2D eigenvalue weighted by Crippen LogP contribution is 2.17. The van der Waals surface area contributed by atoms with E-state index in [1.807, 2.05) is 5.38 Å². The highest BCUT2D eigenvalue weighted by Gasteiger charge is 2.16. The van der Waals surface area contributed by atoms with E-state index in [-0.39, 0.29) is 11.2 Å². The van der Waals surface area contributed by atoms with Crippen LogP contribution in [0, 0.1) is 6.92 Å². The molecule has 0 atom stereocenters. The number of unbranched alkanes of at least 4 members (excludes halogenated alkanes) is 2. The largest absolute Gasteiger partial charge is 0.336 e. The number of H-pyrrole nitrogens is 1. The van der Waals surface area contributed by atoms with E-state index in [0.29, 0.717) is 60.3 Å². The number of thiazole rings is 1. The minimum atomic E-state index is -0.325. The van der Waals surface area contributed by atoms with Crippen molar-refractivity contribution >= 4 is 22.5 Å². The molecule has 1 N–H and O–H groups in total. The van der Waals surface area contributed by atoms with Crippen LogP contribution in [0.3, 0.4) is 0 Å². The topological polar surface area (TPSA) is 124 Å². The quantitative estimate of drug-likeness (QED) is 0.405. The Balaban J connectivity index is 1.47. The van der Waals surface area contributed by atoms with Crippen molar-refractivity contribution in [1.29, 1.82) is 0 Å². The molecular formula is C19H23N7O3S. The molecule has 0 aromatic carbocycles. The molecule has 0 radical (unpaired) electrons. The molecule has 0 bridgehead atoms. The van der Waals surface area contributed by atoms with E-state index in [1.54, 1.807) is 17.0 Å². The molecule has 158 valence electrons. The predicted molar refractivity (Wildman–Crippen MR) is 113 cm³/mol. The van der Waals surface area contributed by atoms with Crippen LogP contribution in [0.5, 0.6) is 0 Å². The average Bonchev–Trinajstić information content (AvgIpc) is 3.47. The van der Waals surface area contributed by atoms with Crippen LogP contribution in [-0.2, 0) is 19.5 Å². The van der Waals surface area contributed by atoms with Crippen molar-refractivity contribution < 1.29 is 4.52 Å². The van der Waals surface area contributed by atoms with Crippen molar-refractivity contribution in [1.82, 2.24) is 34.2 Å². The molecule has 0 spiro atoms. The van der Waals surface area contributed by atoms with E-state index in [2.05, 4.69) is 32.0 Å². The first-order valence-electron chi connectivity index (χ1n) is 9.99. The van der Waals surface area contributed by atoms with Gasteiger partial charge in [0.05, 0.1) is 5.51 Å². The van der Waals surface area contributed by atoms with Gasteiger partial charge < -0.3 is 9.51 Å². The number of nitrogens with one attached hydrogen (secondary N) is 1. The summed E-state index contributed by atoms with van der Waals surface area (Å²) < 4.78 is 8.13. The molecule has 4 heterocycles. The normalized spacial score (nSPS) is 11.5. The Kier molecular flexibility index (Phi) is 5.88. The number of aryl methyl sites for hydroxylation is 3. The summed E-state index contributed by atoms with van der Waals surface area (Å²) in [6.07, 6.45) is 3.75. The number of nitrogens with zero attached hydrogens (tertiary/aromatic N) is 6. The van der Waals surface area contributed by atoms with E-state index in [4.69, 9.17) is 4.52 Å². The standard InChI is InChI=1S/C19H23N7O3S/c1-3-4-8-25-16-15(21-12(2)22-16)18(27)26(19(25)28)9-6-5-7-14-23-17(29-24-14)13-10-30-11-20-13/h10-11H,3-9H2,1-2H3,(H,21,22). The van der Waals surface area contributed by atoms with Gasteiger partial charge >= 0.3 is 5.69 Å². The van der Waals surface area contributed by atoms with Gasteiger partial charge in [0, 0.05) is 24.9 Å². The van der Waals surface area contributed by atoms with Crippen molar-refractivity contribution in [2.24, 2.45) is 0 Å². The Bertz CT molecular complexity index is 1250. The maximum absolute atomic E-state index is 12.9. The number of aromatic nitrogens is 7. The smallest absolute Gasteiger partial charge is 0.332 e. The molecule has 0 aliphatic rings. The van der Waals surface area contributed by atoms with Gasteiger partial charge in [0.1, 0.15) is 17.0 Å². The monoisotopic (exact) mass is 429 g/mol. The predicted octanol–water partition coefficient (Wildman–Crippen LogP) is 2.52. The lowest BCUT2D eigenvalue weighted by Crippen LogP contribution is -2.40. The Labute approximate surface area is 175 Å². The van der Waals surface area contributed by atoms with Crippen molar-refractivity contribution in [3.8, 4) is 11.6 Å². The molecule has 0 unspecified atom stereocenters. The maximum Gasteiger partial charge on any atom is 0.332 e. The van der Waals surface area contributed by atoms with Crippen LogP contribution >= 0.6 is 11.3 Å². The second-order valence-corrected chi connectivity index (χ2v) is 7.83. The van der Waals surface area contributed by atoms with Crippen LogP contribution in [0.2, 0.25) is 0 Å². The highest BCUT2D eigenvalue weighted by atomic mass is 32.1. The SMILES string of the molecule is CCCCn1c(=O)n(CCCCc2noc(-c3cscn3)n2)c(=O)c2[nH]c(C)nc21. The Hall–Kier alpha value is -3.08. The molecule has 0 saturated heterocycles. The van der Waals surface area contributed by atoms with Crippen LogP contribution in [0.1, 0.15) is 44.3 Å². The first-order chi connectivity index (χ1) is 14.6. The van der Waals surface area contributed by atoms with Gasteiger partial charge in [-0.15, -0.1) is 11.3 Å². The van der Waals surface area contributed by atoms with Gasteiger partial charge in [-0.3, -0.25) is 13.9 Å². The van der Waals surface area contributed by atoms with E-state index in [1.165, 1.54) is 15.9 Å². The lowest BCUT2D eigenvalue weighted by molar-refractivity contribution is 0.419. The molecule has 0 fully saturated rings. The van der Waals surface area contributed by atoms with Crippen LogP contribution in [-0.4, -0.2) is 34.2 Å². The molecule has 11 heteroatoms. The third-order valence-electron chi connectivity index (χ3n) is 4.87. The summed E-state index contributed by atoms with van der Waals surface area (Å²) in [4.78, 5) is 41.6. The van der Waals surface area contributed by atoms with Crippen LogP contribution < -0.4 is 11.2 Å². The van der Waals surface area contributed by atoms with E-state index < -0.39 is 0 Å². The molecule has 4 rings (SSSR count). The van der Waals surface area contributed by atoms with Gasteiger partial charge in [-0.25, -0.2) is 14.8 Å². The minimum Gasteiger partial charge on any atom is -0.336 e. The van der Waals surface area contributed by atoms with Crippen LogP contribution in [0.4, 0.5) is 0 Å². The Morgan fingerprint density at radius 2 is 1.97 bits per heavy atom. The molecule has 10 nitrogen and oxygen atoms in total. The molecule has 0 amide bonds. The number of hydrogen-bond acceptors (Lipinski definition) is 8. The van der Waals surface area contributed by atoms with E-state index in [0.717, 1.165) is 19.3 Å². The van der Waals surface area contributed by atoms with Crippen molar-refractivity contribution in [3.05, 3.63) is 43.4 Å². The zero-order valence-corrected chi connectivity index (χ0v) is 17.7. The summed E-state index contributed by atoms with van der Waals surface area (Å²) in [6.45, 7) is 4.71. The van der Waals surface area contributed by atoms with Gasteiger partial charge in [0.15, 0.2) is 11.5 Å². The maximum atomic E-state index is 12.9. The summed E-state index contributed by atoms with van der Waals surface area (Å²) in [5.41, 5.74) is 2.57. The fourth-order valence-electron chi connectivity index (χ4n) is 3.33. The lowest BCUT2D eigenvalue weighted by Gasteiger charge is -2.10. The van der Waals surface area contributed by atoms with Crippen LogP contribution in [0.25, 0.3) is 22.7 Å². The molecule has 30 heavy (non-hydrogen) atoms. The van der Waals surface area contributed by atoms with Crippen LogP contribution in [0.15, 0.2) is 25.0 Å². The summed E-state index contributed by atoms with van der Waals surface area (Å²) in [5.74, 6) is 1.62.